The van der Waals surface area contributed by atoms with Gasteiger partial charge < -0.3 is 14.6 Å². The summed E-state index contributed by atoms with van der Waals surface area (Å²) < 4.78 is 28.7. The number of para-hydroxylation sites is 1. The molecule has 1 aromatic carbocycles. The lowest BCUT2D eigenvalue weighted by Crippen LogP contribution is -2.36. The number of carbonyl (C=O) groups is 1. The second-order valence-electron chi connectivity index (χ2n) is 6.59. The van der Waals surface area contributed by atoms with Crippen LogP contribution < -0.4 is 5.32 Å². The third-order valence-corrected chi connectivity index (χ3v) is 6.38. The van der Waals surface area contributed by atoms with Gasteiger partial charge in [-0.1, -0.05) is 12.1 Å². The lowest BCUT2D eigenvalue weighted by molar-refractivity contribution is -0.121. The minimum absolute atomic E-state index is 0.0119. The van der Waals surface area contributed by atoms with E-state index in [9.17, 15) is 13.2 Å². The van der Waals surface area contributed by atoms with Crippen molar-refractivity contribution in [1.82, 2.24) is 15.2 Å². The molecule has 1 fully saturated rings. The fourth-order valence-electron chi connectivity index (χ4n) is 3.05. The maximum absolute atomic E-state index is 12.0. The molecule has 7 nitrogen and oxygen atoms in total. The Labute approximate surface area is 147 Å². The number of nitrogens with zero attached hydrogens (tertiary/aromatic N) is 2. The molecule has 1 amide bonds. The van der Waals surface area contributed by atoms with Crippen molar-refractivity contribution in [3.8, 4) is 0 Å². The third kappa shape index (κ3) is 4.38. The van der Waals surface area contributed by atoms with Crippen LogP contribution in [-0.4, -0.2) is 55.3 Å². The number of hydrogen-bond donors (Lipinski definition) is 1. The van der Waals surface area contributed by atoms with E-state index >= 15 is 0 Å². The van der Waals surface area contributed by atoms with E-state index in [0.29, 0.717) is 30.9 Å². The number of nitrogens with one attached hydrogen (secondary N) is 1. The van der Waals surface area contributed by atoms with E-state index in [0.717, 1.165) is 11.1 Å². The van der Waals surface area contributed by atoms with E-state index in [4.69, 9.17) is 4.42 Å². The molecular weight excluding hydrogens is 342 g/mol. The van der Waals surface area contributed by atoms with Crippen LogP contribution in [-0.2, 0) is 21.2 Å². The highest BCUT2D eigenvalue weighted by molar-refractivity contribution is 7.91. The normalized spacial score (nSPS) is 19.6. The lowest BCUT2D eigenvalue weighted by atomic mass is 10.2. The minimum atomic E-state index is -2.90. The Morgan fingerprint density at radius 1 is 1.44 bits per heavy atom. The number of benzene rings is 1. The molecule has 0 radical (unpaired) electrons. The molecule has 1 unspecified atom stereocenters. The van der Waals surface area contributed by atoms with Crippen LogP contribution in [0.5, 0.6) is 0 Å². The monoisotopic (exact) mass is 365 g/mol. The molecule has 1 aromatic heterocycles. The first-order chi connectivity index (χ1) is 11.8. The predicted molar refractivity (Wildman–Crippen MR) is 94.9 cm³/mol. The number of aryl methyl sites for hydroxylation is 1. The standard InChI is InChI=1S/C17H23N3O4S/c1-12-4-3-5-14-17(12)19-16(24-14)10-18-15(21)6-8-20(2)13-7-9-25(22,23)11-13/h3-5,13H,6-11H2,1-2H3,(H,18,21). The average molecular weight is 365 g/mol. The molecule has 1 aliphatic heterocycles. The number of amides is 1. The highest BCUT2D eigenvalue weighted by atomic mass is 32.2. The highest BCUT2D eigenvalue weighted by Crippen LogP contribution is 2.19. The van der Waals surface area contributed by atoms with Crippen LogP contribution in [0.3, 0.4) is 0 Å². The van der Waals surface area contributed by atoms with Gasteiger partial charge in [-0.25, -0.2) is 13.4 Å². The van der Waals surface area contributed by atoms with Crippen molar-refractivity contribution in [3.63, 3.8) is 0 Å². The summed E-state index contributed by atoms with van der Waals surface area (Å²) in [6, 6.07) is 5.74. The maximum atomic E-state index is 12.0. The molecule has 8 heteroatoms. The summed E-state index contributed by atoms with van der Waals surface area (Å²) in [6.45, 7) is 2.74. The molecule has 136 valence electrons. The molecule has 1 N–H and O–H groups in total. The summed E-state index contributed by atoms with van der Waals surface area (Å²) in [7, 11) is -1.04. The second-order valence-corrected chi connectivity index (χ2v) is 8.82. The third-order valence-electron chi connectivity index (χ3n) is 4.63. The van der Waals surface area contributed by atoms with Crippen molar-refractivity contribution in [2.75, 3.05) is 25.1 Å². The number of sulfone groups is 1. The molecule has 0 bridgehead atoms. The Hall–Kier alpha value is -1.93. The van der Waals surface area contributed by atoms with Crippen LogP contribution in [0.2, 0.25) is 0 Å². The lowest BCUT2D eigenvalue weighted by Gasteiger charge is -2.22. The molecule has 1 saturated heterocycles. The van der Waals surface area contributed by atoms with E-state index in [2.05, 4.69) is 10.3 Å². The molecule has 0 aliphatic carbocycles. The number of aromatic nitrogens is 1. The number of rotatable bonds is 6. The topological polar surface area (TPSA) is 92.5 Å². The first-order valence-electron chi connectivity index (χ1n) is 8.36. The van der Waals surface area contributed by atoms with Crippen LogP contribution in [0.1, 0.15) is 24.3 Å². The molecule has 0 spiro atoms. The average Bonchev–Trinajstić information content (AvgIpc) is 3.14. The van der Waals surface area contributed by atoms with Gasteiger partial charge in [-0.15, -0.1) is 0 Å². The van der Waals surface area contributed by atoms with Gasteiger partial charge in [0.1, 0.15) is 5.52 Å². The van der Waals surface area contributed by atoms with Crippen LogP contribution in [0.15, 0.2) is 22.6 Å². The number of fused-ring (bicyclic) bond motifs is 1. The van der Waals surface area contributed by atoms with Gasteiger partial charge in [0.25, 0.3) is 0 Å². The number of hydrogen-bond acceptors (Lipinski definition) is 6. The summed E-state index contributed by atoms with van der Waals surface area (Å²) in [5.41, 5.74) is 2.56. The highest BCUT2D eigenvalue weighted by Gasteiger charge is 2.30. The molecular formula is C17H23N3O4S. The van der Waals surface area contributed by atoms with E-state index < -0.39 is 9.84 Å². The quantitative estimate of drug-likeness (QED) is 0.828. The summed E-state index contributed by atoms with van der Waals surface area (Å²) in [4.78, 5) is 18.4. The molecule has 2 heterocycles. The molecule has 1 aliphatic rings. The van der Waals surface area contributed by atoms with Crippen molar-refractivity contribution >= 4 is 26.8 Å². The summed E-state index contributed by atoms with van der Waals surface area (Å²) >= 11 is 0. The number of oxazole rings is 1. The van der Waals surface area contributed by atoms with E-state index in [-0.39, 0.29) is 30.0 Å². The summed E-state index contributed by atoms with van der Waals surface area (Å²) in [6.07, 6.45) is 0.953. The summed E-state index contributed by atoms with van der Waals surface area (Å²) in [5, 5.41) is 2.80. The van der Waals surface area contributed by atoms with Crippen molar-refractivity contribution in [3.05, 3.63) is 29.7 Å². The maximum Gasteiger partial charge on any atom is 0.221 e. The van der Waals surface area contributed by atoms with Gasteiger partial charge in [-0.05, 0) is 32.0 Å². The fourth-order valence-corrected chi connectivity index (χ4v) is 4.86. The zero-order valence-electron chi connectivity index (χ0n) is 14.5. The van der Waals surface area contributed by atoms with Crippen molar-refractivity contribution < 1.29 is 17.6 Å². The largest absolute Gasteiger partial charge is 0.439 e. The SMILES string of the molecule is Cc1cccc2oc(CNC(=O)CCN(C)C3CCS(=O)(=O)C3)nc12. The van der Waals surface area contributed by atoms with Crippen LogP contribution in [0.4, 0.5) is 0 Å². The number of carbonyl (C=O) groups excluding carboxylic acids is 1. The smallest absolute Gasteiger partial charge is 0.221 e. The van der Waals surface area contributed by atoms with Gasteiger partial charge in [0, 0.05) is 19.0 Å². The van der Waals surface area contributed by atoms with Crippen molar-refractivity contribution in [2.45, 2.75) is 32.4 Å². The van der Waals surface area contributed by atoms with Crippen molar-refractivity contribution in [1.29, 1.82) is 0 Å². The Bertz CT molecular complexity index is 875. The fraction of sp³-hybridized carbons (Fsp3) is 0.529. The Morgan fingerprint density at radius 3 is 2.92 bits per heavy atom. The first kappa shape index (κ1) is 17.9. The molecule has 0 saturated carbocycles. The Balaban J connectivity index is 1.47. The van der Waals surface area contributed by atoms with E-state index in [1.807, 2.05) is 37.1 Å². The van der Waals surface area contributed by atoms with Gasteiger partial charge >= 0.3 is 0 Å². The van der Waals surface area contributed by atoms with Crippen LogP contribution in [0.25, 0.3) is 11.1 Å². The van der Waals surface area contributed by atoms with Gasteiger partial charge in [0.2, 0.25) is 11.8 Å². The Kier molecular flexibility index (Phi) is 5.10. The van der Waals surface area contributed by atoms with E-state index in [1.54, 1.807) is 0 Å². The van der Waals surface area contributed by atoms with Crippen LogP contribution >= 0.6 is 0 Å². The van der Waals surface area contributed by atoms with Crippen molar-refractivity contribution in [2.24, 2.45) is 0 Å². The Morgan fingerprint density at radius 2 is 2.24 bits per heavy atom. The molecule has 2 aromatic rings. The summed E-state index contributed by atoms with van der Waals surface area (Å²) in [5.74, 6) is 0.804. The molecule has 25 heavy (non-hydrogen) atoms. The first-order valence-corrected chi connectivity index (χ1v) is 10.2. The van der Waals surface area contributed by atoms with Gasteiger partial charge in [0.15, 0.2) is 15.4 Å². The van der Waals surface area contributed by atoms with Gasteiger partial charge in [-0.2, -0.15) is 0 Å². The molecule has 3 rings (SSSR count). The minimum Gasteiger partial charge on any atom is -0.439 e. The zero-order valence-corrected chi connectivity index (χ0v) is 15.3. The zero-order chi connectivity index (χ0) is 18.0. The van der Waals surface area contributed by atoms with Crippen LogP contribution in [0, 0.1) is 6.92 Å². The van der Waals surface area contributed by atoms with Gasteiger partial charge in [0.05, 0.1) is 18.1 Å². The predicted octanol–water partition coefficient (Wildman–Crippen LogP) is 1.26. The van der Waals surface area contributed by atoms with E-state index in [1.165, 1.54) is 0 Å². The van der Waals surface area contributed by atoms with Gasteiger partial charge in [-0.3, -0.25) is 4.79 Å². The second kappa shape index (κ2) is 7.13. The molecule has 1 atom stereocenters.